The third kappa shape index (κ3) is 4.15. The van der Waals surface area contributed by atoms with Crippen LogP contribution in [-0.4, -0.2) is 22.6 Å². The van der Waals surface area contributed by atoms with Crippen molar-refractivity contribution in [1.82, 2.24) is 4.90 Å². The number of hydrogen-bond donors (Lipinski definition) is 0. The maximum atomic E-state index is 13.0. The van der Waals surface area contributed by atoms with E-state index in [0.29, 0.717) is 0 Å². The fourth-order valence-corrected chi connectivity index (χ4v) is 4.46. The zero-order valence-electron chi connectivity index (χ0n) is 16.5. The van der Waals surface area contributed by atoms with Crippen LogP contribution in [0.15, 0.2) is 47.4 Å². The van der Waals surface area contributed by atoms with Crippen molar-refractivity contribution in [1.29, 1.82) is 0 Å². The quantitative estimate of drug-likeness (QED) is 0.681. The molecule has 3 heteroatoms. The monoisotopic (exact) mass is 367 g/mol. The zero-order chi connectivity index (χ0) is 18.9. The molecule has 3 rings (SSSR count). The van der Waals surface area contributed by atoms with Gasteiger partial charge in [0.05, 0.1) is 5.25 Å². The van der Waals surface area contributed by atoms with Gasteiger partial charge in [-0.05, 0) is 54.0 Å². The van der Waals surface area contributed by atoms with Crippen LogP contribution in [0, 0.1) is 6.92 Å². The molecule has 138 valence electrons. The molecule has 0 bridgehead atoms. The van der Waals surface area contributed by atoms with Crippen LogP contribution in [0.4, 0.5) is 0 Å². The van der Waals surface area contributed by atoms with Crippen LogP contribution < -0.4 is 0 Å². The van der Waals surface area contributed by atoms with Crippen LogP contribution in [0.3, 0.4) is 0 Å². The molecule has 1 heterocycles. The van der Waals surface area contributed by atoms with Gasteiger partial charge >= 0.3 is 0 Å². The van der Waals surface area contributed by atoms with Gasteiger partial charge < -0.3 is 4.90 Å². The summed E-state index contributed by atoms with van der Waals surface area (Å²) in [6.07, 6.45) is 0.956. The second kappa shape index (κ2) is 7.48. The lowest BCUT2D eigenvalue weighted by molar-refractivity contribution is -0.131. The van der Waals surface area contributed by atoms with Gasteiger partial charge in [0.15, 0.2) is 0 Å². The molecule has 1 aliphatic rings. The van der Waals surface area contributed by atoms with Crippen LogP contribution in [0.5, 0.6) is 0 Å². The second-order valence-corrected chi connectivity index (χ2v) is 9.65. The van der Waals surface area contributed by atoms with E-state index in [1.807, 2.05) is 11.8 Å². The van der Waals surface area contributed by atoms with Crippen molar-refractivity contribution in [2.75, 3.05) is 6.54 Å². The number of aryl methyl sites for hydroxylation is 1. The molecular weight excluding hydrogens is 338 g/mol. The Hall–Kier alpha value is -1.74. The highest BCUT2D eigenvalue weighted by molar-refractivity contribution is 8.00. The summed E-state index contributed by atoms with van der Waals surface area (Å²) >= 11 is 1.69. The first kappa shape index (κ1) is 19.0. The van der Waals surface area contributed by atoms with Gasteiger partial charge in [-0.25, -0.2) is 0 Å². The Balaban J connectivity index is 1.72. The van der Waals surface area contributed by atoms with Gasteiger partial charge in [-0.1, -0.05) is 57.2 Å². The van der Waals surface area contributed by atoms with Crippen LogP contribution >= 0.6 is 11.8 Å². The first-order valence-electron chi connectivity index (χ1n) is 9.39. The average Bonchev–Trinajstić information content (AvgIpc) is 2.61. The predicted molar refractivity (Wildman–Crippen MR) is 111 cm³/mol. The fraction of sp³-hybridized carbons (Fsp3) is 0.435. The van der Waals surface area contributed by atoms with E-state index in [1.54, 1.807) is 11.8 Å². The van der Waals surface area contributed by atoms with Crippen LogP contribution in [0.2, 0.25) is 0 Å². The minimum absolute atomic E-state index is 0.0748. The maximum Gasteiger partial charge on any atom is 0.236 e. The summed E-state index contributed by atoms with van der Waals surface area (Å²) < 4.78 is 0. The van der Waals surface area contributed by atoms with Crippen LogP contribution in [0.25, 0.3) is 0 Å². The Morgan fingerprint density at radius 3 is 2.50 bits per heavy atom. The number of rotatable bonds is 3. The first-order valence-corrected chi connectivity index (χ1v) is 10.3. The molecule has 1 aliphatic heterocycles. The van der Waals surface area contributed by atoms with E-state index in [9.17, 15) is 4.79 Å². The summed E-state index contributed by atoms with van der Waals surface area (Å²) in [5.74, 6) is 0.241. The molecule has 0 aromatic heterocycles. The summed E-state index contributed by atoms with van der Waals surface area (Å²) in [5, 5.41) is -0.0748. The lowest BCUT2D eigenvalue weighted by Gasteiger charge is -2.31. The highest BCUT2D eigenvalue weighted by Gasteiger charge is 2.26. The molecule has 2 nitrogen and oxygen atoms in total. The number of amides is 1. The summed E-state index contributed by atoms with van der Waals surface area (Å²) in [4.78, 5) is 16.2. The van der Waals surface area contributed by atoms with Crippen molar-refractivity contribution in [3.8, 4) is 0 Å². The SMILES string of the molecule is Cc1ccc(C(C)(C)C)cc1S[C@@H](C)C(=O)N1CCc2ccccc2C1. The Bertz CT molecular complexity index is 806. The number of fused-ring (bicyclic) bond motifs is 1. The molecule has 26 heavy (non-hydrogen) atoms. The van der Waals surface area contributed by atoms with Gasteiger partial charge in [0.25, 0.3) is 0 Å². The Labute approximate surface area is 162 Å². The number of nitrogens with zero attached hydrogens (tertiary/aromatic N) is 1. The van der Waals surface area contributed by atoms with E-state index in [1.165, 1.54) is 27.1 Å². The van der Waals surface area contributed by atoms with E-state index < -0.39 is 0 Å². The third-order valence-corrected chi connectivity index (χ3v) is 6.40. The summed E-state index contributed by atoms with van der Waals surface area (Å²) in [5.41, 5.74) is 5.34. The molecule has 0 saturated heterocycles. The normalized spacial score (nSPS) is 15.5. The van der Waals surface area contributed by atoms with Crippen molar-refractivity contribution in [2.45, 2.75) is 63.1 Å². The molecule has 0 N–H and O–H groups in total. The molecule has 0 saturated carbocycles. The summed E-state index contributed by atoms with van der Waals surface area (Å²) in [6, 6.07) is 15.1. The minimum atomic E-state index is -0.0748. The molecule has 0 radical (unpaired) electrons. The number of hydrogen-bond acceptors (Lipinski definition) is 2. The molecule has 0 spiro atoms. The highest BCUT2D eigenvalue weighted by Crippen LogP contribution is 2.33. The maximum absolute atomic E-state index is 13.0. The van der Waals surface area contributed by atoms with Gasteiger partial charge in [0.1, 0.15) is 0 Å². The second-order valence-electron chi connectivity index (χ2n) is 8.27. The number of thioether (sulfide) groups is 1. The summed E-state index contributed by atoms with van der Waals surface area (Å²) in [7, 11) is 0. The Morgan fingerprint density at radius 1 is 1.12 bits per heavy atom. The standard InChI is InChI=1S/C23H29NOS/c1-16-10-11-20(23(3,4)5)14-21(16)26-17(2)22(25)24-13-12-18-8-6-7-9-19(18)15-24/h6-11,14,17H,12-13,15H2,1-5H3/t17-/m0/s1. The molecule has 2 aromatic carbocycles. The first-order chi connectivity index (χ1) is 12.3. The lowest BCUT2D eigenvalue weighted by Crippen LogP contribution is -2.40. The van der Waals surface area contributed by atoms with Gasteiger partial charge in [0.2, 0.25) is 5.91 Å². The van der Waals surface area contributed by atoms with Crippen molar-refractivity contribution >= 4 is 17.7 Å². The fourth-order valence-electron chi connectivity index (χ4n) is 3.38. The van der Waals surface area contributed by atoms with Crippen LogP contribution in [-0.2, 0) is 23.2 Å². The minimum Gasteiger partial charge on any atom is -0.337 e. The molecule has 0 aliphatic carbocycles. The molecular formula is C23H29NOS. The Kier molecular flexibility index (Phi) is 5.47. The molecule has 2 aromatic rings. The highest BCUT2D eigenvalue weighted by atomic mass is 32.2. The zero-order valence-corrected chi connectivity index (χ0v) is 17.3. The number of benzene rings is 2. The van der Waals surface area contributed by atoms with E-state index >= 15 is 0 Å². The van der Waals surface area contributed by atoms with E-state index in [0.717, 1.165) is 19.5 Å². The van der Waals surface area contributed by atoms with E-state index in [2.05, 4.69) is 70.2 Å². The third-order valence-electron chi connectivity index (χ3n) is 5.15. The molecule has 1 amide bonds. The number of carbonyl (C=O) groups is 1. The van der Waals surface area contributed by atoms with Gasteiger partial charge in [-0.15, -0.1) is 11.8 Å². The predicted octanol–water partition coefficient (Wildman–Crippen LogP) is 5.36. The van der Waals surface area contributed by atoms with Gasteiger partial charge in [-0.2, -0.15) is 0 Å². The molecule has 0 fully saturated rings. The van der Waals surface area contributed by atoms with Crippen molar-refractivity contribution in [3.63, 3.8) is 0 Å². The topological polar surface area (TPSA) is 20.3 Å². The number of carbonyl (C=O) groups excluding carboxylic acids is 1. The lowest BCUT2D eigenvalue weighted by atomic mass is 9.87. The summed E-state index contributed by atoms with van der Waals surface area (Å²) in [6.45, 7) is 12.4. The van der Waals surface area contributed by atoms with Gasteiger partial charge in [-0.3, -0.25) is 4.79 Å². The largest absolute Gasteiger partial charge is 0.337 e. The van der Waals surface area contributed by atoms with Crippen molar-refractivity contribution in [3.05, 3.63) is 64.7 Å². The van der Waals surface area contributed by atoms with Crippen LogP contribution in [0.1, 0.15) is 49.9 Å². The van der Waals surface area contributed by atoms with Crippen molar-refractivity contribution in [2.24, 2.45) is 0 Å². The average molecular weight is 368 g/mol. The molecule has 1 atom stereocenters. The van der Waals surface area contributed by atoms with Gasteiger partial charge in [0, 0.05) is 18.0 Å². The Morgan fingerprint density at radius 2 is 1.81 bits per heavy atom. The smallest absolute Gasteiger partial charge is 0.236 e. The molecule has 0 unspecified atom stereocenters. The van der Waals surface area contributed by atoms with E-state index in [-0.39, 0.29) is 16.6 Å². The van der Waals surface area contributed by atoms with Crippen molar-refractivity contribution < 1.29 is 4.79 Å². The van der Waals surface area contributed by atoms with E-state index in [4.69, 9.17) is 0 Å².